The summed E-state index contributed by atoms with van der Waals surface area (Å²) in [5.41, 5.74) is 3.68. The van der Waals surface area contributed by atoms with Crippen LogP contribution in [0.4, 0.5) is 5.82 Å². The highest BCUT2D eigenvalue weighted by atomic mass is 35.5. The van der Waals surface area contributed by atoms with Gasteiger partial charge in [0.05, 0.1) is 12.3 Å². The average molecular weight is 432 g/mol. The first-order valence-electron chi connectivity index (χ1n) is 10.6. The van der Waals surface area contributed by atoms with Crippen molar-refractivity contribution < 1.29 is 9.53 Å². The van der Waals surface area contributed by atoms with Crippen molar-refractivity contribution in [3.05, 3.63) is 56.1 Å². The zero-order valence-electron chi connectivity index (χ0n) is 18.1. The van der Waals surface area contributed by atoms with E-state index >= 15 is 0 Å². The summed E-state index contributed by atoms with van der Waals surface area (Å²) in [6, 6.07) is 5.57. The minimum absolute atomic E-state index is 0.00916. The van der Waals surface area contributed by atoms with Crippen LogP contribution in [-0.4, -0.2) is 22.1 Å². The number of aryl methyl sites for hydroxylation is 2. The lowest BCUT2D eigenvalue weighted by atomic mass is 9.99. The summed E-state index contributed by atoms with van der Waals surface area (Å²) in [4.78, 5) is 30.3. The SMILES string of the molecule is CCCCOC(=O)[C@@H]1C[C@H](CC)c2c(Cl)nc(NCc3cc(C)cc(C)c3)c(=O)n21. The van der Waals surface area contributed by atoms with Crippen molar-refractivity contribution in [3.8, 4) is 0 Å². The third kappa shape index (κ3) is 4.69. The molecule has 6 nitrogen and oxygen atoms in total. The normalized spacial score (nSPS) is 17.6. The van der Waals surface area contributed by atoms with Crippen LogP contribution in [0.15, 0.2) is 23.0 Å². The molecule has 1 aliphatic heterocycles. The van der Waals surface area contributed by atoms with Gasteiger partial charge in [-0.2, -0.15) is 0 Å². The van der Waals surface area contributed by atoms with E-state index in [4.69, 9.17) is 16.3 Å². The van der Waals surface area contributed by atoms with Crippen LogP contribution in [0.1, 0.15) is 73.9 Å². The van der Waals surface area contributed by atoms with Gasteiger partial charge in [-0.15, -0.1) is 0 Å². The summed E-state index contributed by atoms with van der Waals surface area (Å²) in [7, 11) is 0. The van der Waals surface area contributed by atoms with Gasteiger partial charge in [-0.3, -0.25) is 9.36 Å². The smallest absolute Gasteiger partial charge is 0.329 e. The van der Waals surface area contributed by atoms with E-state index in [0.29, 0.717) is 25.3 Å². The quantitative estimate of drug-likeness (QED) is 0.475. The van der Waals surface area contributed by atoms with Crippen LogP contribution in [0, 0.1) is 13.8 Å². The zero-order chi connectivity index (χ0) is 21.8. The predicted octanol–water partition coefficient (Wildman–Crippen LogP) is 4.91. The van der Waals surface area contributed by atoms with E-state index in [-0.39, 0.29) is 28.4 Å². The molecule has 1 aromatic carbocycles. The summed E-state index contributed by atoms with van der Waals surface area (Å²) in [6.07, 6.45) is 3.03. The molecule has 1 aliphatic rings. The van der Waals surface area contributed by atoms with Gasteiger partial charge in [0.15, 0.2) is 11.0 Å². The summed E-state index contributed by atoms with van der Waals surface area (Å²) in [6.45, 7) is 8.94. The van der Waals surface area contributed by atoms with Crippen molar-refractivity contribution in [3.63, 3.8) is 0 Å². The van der Waals surface area contributed by atoms with Gasteiger partial charge in [-0.25, -0.2) is 9.78 Å². The number of carbonyl (C=O) groups excluding carboxylic acids is 1. The van der Waals surface area contributed by atoms with Crippen molar-refractivity contribution in [1.29, 1.82) is 0 Å². The number of nitrogens with zero attached hydrogens (tertiary/aromatic N) is 2. The third-order valence-corrected chi connectivity index (χ3v) is 5.84. The molecular weight excluding hydrogens is 402 g/mol. The molecule has 2 atom stereocenters. The van der Waals surface area contributed by atoms with Gasteiger partial charge in [0.2, 0.25) is 0 Å². The number of ether oxygens (including phenoxy) is 1. The molecule has 0 fully saturated rings. The third-order valence-electron chi connectivity index (χ3n) is 5.56. The van der Waals surface area contributed by atoms with Crippen LogP contribution in [0.5, 0.6) is 0 Å². The van der Waals surface area contributed by atoms with Gasteiger partial charge >= 0.3 is 5.97 Å². The standard InChI is InChI=1S/C23H30ClN3O3/c1-5-7-8-30-23(29)18-12-17(6-2)19-20(24)26-21(22(28)27(18)19)25-13-16-10-14(3)9-15(4)11-16/h9-11,17-18H,5-8,12-13H2,1-4H3,(H,25,26)/t17-,18-/m0/s1. The lowest BCUT2D eigenvalue weighted by molar-refractivity contribution is -0.147. The molecule has 2 heterocycles. The van der Waals surface area contributed by atoms with Gasteiger partial charge in [-0.1, -0.05) is 61.2 Å². The average Bonchev–Trinajstić information content (AvgIpc) is 3.10. The number of anilines is 1. The van der Waals surface area contributed by atoms with Crippen LogP contribution in [0.2, 0.25) is 5.15 Å². The Morgan fingerprint density at radius 1 is 1.27 bits per heavy atom. The Labute approximate surface area is 182 Å². The minimum Gasteiger partial charge on any atom is -0.464 e. The van der Waals surface area contributed by atoms with Crippen molar-refractivity contribution >= 4 is 23.4 Å². The molecule has 3 rings (SSSR count). The van der Waals surface area contributed by atoms with E-state index in [1.807, 2.05) is 27.7 Å². The van der Waals surface area contributed by atoms with Crippen molar-refractivity contribution in [2.45, 2.75) is 71.9 Å². The molecule has 1 aromatic heterocycles. The number of nitrogens with one attached hydrogen (secondary N) is 1. The van der Waals surface area contributed by atoms with Crippen LogP contribution in [-0.2, 0) is 16.1 Å². The van der Waals surface area contributed by atoms with E-state index in [0.717, 1.165) is 36.0 Å². The van der Waals surface area contributed by atoms with Gasteiger partial charge < -0.3 is 10.1 Å². The number of hydrogen-bond donors (Lipinski definition) is 1. The molecule has 0 unspecified atom stereocenters. The summed E-state index contributed by atoms with van der Waals surface area (Å²) >= 11 is 6.49. The Morgan fingerprint density at radius 2 is 1.97 bits per heavy atom. The van der Waals surface area contributed by atoms with Gasteiger partial charge in [0.1, 0.15) is 6.04 Å². The molecule has 0 amide bonds. The highest BCUT2D eigenvalue weighted by Crippen LogP contribution is 2.40. The Kier molecular flexibility index (Phi) is 7.19. The first kappa shape index (κ1) is 22.3. The number of halogens is 1. The lowest BCUT2D eigenvalue weighted by Crippen LogP contribution is -2.32. The van der Waals surface area contributed by atoms with E-state index in [1.165, 1.54) is 4.57 Å². The van der Waals surface area contributed by atoms with Crippen molar-refractivity contribution in [1.82, 2.24) is 9.55 Å². The zero-order valence-corrected chi connectivity index (χ0v) is 18.9. The number of hydrogen-bond acceptors (Lipinski definition) is 5. The summed E-state index contributed by atoms with van der Waals surface area (Å²) in [5.74, 6) is -0.203. The Bertz CT molecular complexity index is 966. The van der Waals surface area contributed by atoms with Crippen molar-refractivity contribution in [2.24, 2.45) is 0 Å². The minimum atomic E-state index is -0.656. The number of rotatable bonds is 8. The number of benzene rings is 1. The molecule has 0 radical (unpaired) electrons. The maximum Gasteiger partial charge on any atom is 0.329 e. The van der Waals surface area contributed by atoms with Crippen LogP contribution >= 0.6 is 11.6 Å². The van der Waals surface area contributed by atoms with Gasteiger partial charge in [-0.05, 0) is 38.7 Å². The second-order valence-electron chi connectivity index (χ2n) is 8.04. The van der Waals surface area contributed by atoms with E-state index in [2.05, 4.69) is 28.5 Å². The Balaban J connectivity index is 1.90. The molecule has 162 valence electrons. The molecule has 30 heavy (non-hydrogen) atoms. The predicted molar refractivity (Wildman–Crippen MR) is 119 cm³/mol. The summed E-state index contributed by atoms with van der Waals surface area (Å²) in [5, 5.41) is 3.39. The Morgan fingerprint density at radius 3 is 2.60 bits per heavy atom. The fourth-order valence-corrected chi connectivity index (χ4v) is 4.46. The second-order valence-corrected chi connectivity index (χ2v) is 8.40. The number of unbranched alkanes of at least 4 members (excludes halogenated alkanes) is 1. The Hall–Kier alpha value is -2.34. The fraction of sp³-hybridized carbons (Fsp3) is 0.522. The van der Waals surface area contributed by atoms with Crippen LogP contribution in [0.3, 0.4) is 0 Å². The van der Waals surface area contributed by atoms with E-state index < -0.39 is 6.04 Å². The van der Waals surface area contributed by atoms with E-state index in [1.54, 1.807) is 0 Å². The first-order valence-corrected chi connectivity index (χ1v) is 11.0. The number of esters is 1. The van der Waals surface area contributed by atoms with Crippen LogP contribution < -0.4 is 10.9 Å². The largest absolute Gasteiger partial charge is 0.464 e. The molecule has 0 saturated heterocycles. The monoisotopic (exact) mass is 431 g/mol. The van der Waals surface area contributed by atoms with Gasteiger partial charge in [0.25, 0.3) is 5.56 Å². The fourth-order valence-electron chi connectivity index (χ4n) is 4.13. The maximum atomic E-state index is 13.2. The second kappa shape index (κ2) is 9.65. The topological polar surface area (TPSA) is 73.2 Å². The lowest BCUT2D eigenvalue weighted by Gasteiger charge is -2.16. The number of carbonyl (C=O) groups is 1. The molecular formula is C23H30ClN3O3. The molecule has 1 N–H and O–H groups in total. The maximum absolute atomic E-state index is 13.2. The summed E-state index contributed by atoms with van der Waals surface area (Å²) < 4.78 is 6.93. The molecule has 0 spiro atoms. The molecule has 2 aromatic rings. The highest BCUT2D eigenvalue weighted by Gasteiger charge is 2.39. The first-order chi connectivity index (χ1) is 14.3. The molecule has 0 bridgehead atoms. The molecule has 0 saturated carbocycles. The molecule has 0 aliphatic carbocycles. The number of aromatic nitrogens is 2. The van der Waals surface area contributed by atoms with E-state index in [9.17, 15) is 9.59 Å². The van der Waals surface area contributed by atoms with Crippen molar-refractivity contribution in [2.75, 3.05) is 11.9 Å². The highest BCUT2D eigenvalue weighted by molar-refractivity contribution is 6.30. The van der Waals surface area contributed by atoms with Gasteiger partial charge in [0, 0.05) is 12.5 Å². The number of fused-ring (bicyclic) bond motifs is 1. The molecule has 7 heteroatoms. The van der Waals surface area contributed by atoms with Crippen LogP contribution in [0.25, 0.3) is 0 Å².